The number of halogens is 1. The third-order valence-corrected chi connectivity index (χ3v) is 5.23. The molecule has 4 rings (SSSR count). The van der Waals surface area contributed by atoms with Gasteiger partial charge in [0.05, 0.1) is 28.5 Å². The molecule has 1 aliphatic carbocycles. The van der Waals surface area contributed by atoms with Crippen molar-refractivity contribution < 1.29 is 14.3 Å². The number of carbonyl (C=O) groups is 2. The average molecular weight is 488 g/mol. The lowest BCUT2D eigenvalue weighted by Crippen LogP contribution is -2.18. The number of rotatable bonds is 9. The first-order valence-electron chi connectivity index (χ1n) is 9.82. The van der Waals surface area contributed by atoms with Crippen molar-refractivity contribution in [2.24, 2.45) is 0 Å². The van der Waals surface area contributed by atoms with E-state index in [2.05, 4.69) is 46.8 Å². The van der Waals surface area contributed by atoms with Crippen LogP contribution in [0.5, 0.6) is 0 Å². The molecule has 0 radical (unpaired) electrons. The maximum absolute atomic E-state index is 12.8. The number of carbonyl (C=O) groups excluding carboxylic acids is 2. The number of methoxy groups -OCH3 is 1. The predicted molar refractivity (Wildman–Crippen MR) is 121 cm³/mol. The van der Waals surface area contributed by atoms with E-state index in [-0.39, 0.29) is 17.1 Å². The zero-order valence-electron chi connectivity index (χ0n) is 16.9. The molecule has 2 amide bonds. The van der Waals surface area contributed by atoms with E-state index < -0.39 is 0 Å². The van der Waals surface area contributed by atoms with Crippen LogP contribution in [0, 0.1) is 0 Å². The van der Waals surface area contributed by atoms with Crippen molar-refractivity contribution in [1.29, 1.82) is 0 Å². The summed E-state index contributed by atoms with van der Waals surface area (Å²) in [4.78, 5) is 37.4. The molecule has 31 heavy (non-hydrogen) atoms. The Labute approximate surface area is 186 Å². The van der Waals surface area contributed by atoms with Gasteiger partial charge in [-0.3, -0.25) is 14.9 Å². The molecule has 0 atom stereocenters. The Kier molecular flexibility index (Phi) is 6.42. The molecule has 1 saturated carbocycles. The molecule has 0 bridgehead atoms. The Bertz CT molecular complexity index is 1100. The van der Waals surface area contributed by atoms with Crippen LogP contribution in [0.2, 0.25) is 0 Å². The summed E-state index contributed by atoms with van der Waals surface area (Å²) in [6.45, 7) is 0.899. The number of hydrogen-bond donors (Lipinski definition) is 3. The Morgan fingerprint density at radius 3 is 2.68 bits per heavy atom. The van der Waals surface area contributed by atoms with Gasteiger partial charge in [0.1, 0.15) is 0 Å². The molecule has 3 N–H and O–H groups in total. The molecule has 0 spiro atoms. The van der Waals surface area contributed by atoms with Crippen LogP contribution in [-0.4, -0.2) is 56.4 Å². The molecule has 10 nitrogen and oxygen atoms in total. The normalized spacial score (nSPS) is 13.2. The van der Waals surface area contributed by atoms with Gasteiger partial charge < -0.3 is 19.9 Å². The first-order chi connectivity index (χ1) is 15.1. The minimum absolute atomic E-state index is 0.157. The largest absolute Gasteiger partial charge is 0.383 e. The second-order valence-electron chi connectivity index (χ2n) is 7.13. The fourth-order valence-corrected chi connectivity index (χ4v) is 3.14. The molecular weight excluding hydrogens is 466 g/mol. The van der Waals surface area contributed by atoms with E-state index in [1.165, 1.54) is 12.4 Å². The van der Waals surface area contributed by atoms with Crippen LogP contribution in [0.25, 0.3) is 11.0 Å². The zero-order valence-corrected chi connectivity index (χ0v) is 18.5. The Balaban J connectivity index is 1.57. The third-order valence-electron chi connectivity index (χ3n) is 4.72. The lowest BCUT2D eigenvalue weighted by atomic mass is 10.2. The molecule has 1 fully saturated rings. The molecule has 1 aliphatic rings. The Morgan fingerprint density at radius 2 is 2.00 bits per heavy atom. The maximum atomic E-state index is 12.8. The van der Waals surface area contributed by atoms with Gasteiger partial charge in [-0.25, -0.2) is 15.0 Å². The van der Waals surface area contributed by atoms with Crippen molar-refractivity contribution in [3.05, 3.63) is 36.2 Å². The van der Waals surface area contributed by atoms with Gasteiger partial charge in [-0.2, -0.15) is 0 Å². The number of nitrogens with zero attached hydrogens (tertiary/aromatic N) is 4. The highest BCUT2D eigenvalue weighted by Crippen LogP contribution is 2.25. The van der Waals surface area contributed by atoms with E-state index in [9.17, 15) is 9.59 Å². The average Bonchev–Trinajstić information content (AvgIpc) is 3.53. The van der Waals surface area contributed by atoms with E-state index in [1.54, 1.807) is 19.2 Å². The lowest BCUT2D eigenvalue weighted by Gasteiger charge is -2.10. The van der Waals surface area contributed by atoms with Gasteiger partial charge in [-0.15, -0.1) is 0 Å². The summed E-state index contributed by atoms with van der Waals surface area (Å²) in [5.41, 5.74) is 2.42. The number of aromatic nitrogens is 4. The molecule has 2 heterocycles. The van der Waals surface area contributed by atoms with Crippen molar-refractivity contribution in [2.75, 3.05) is 35.0 Å². The lowest BCUT2D eigenvalue weighted by molar-refractivity contribution is -0.113. The van der Waals surface area contributed by atoms with Gasteiger partial charge in [0, 0.05) is 37.8 Å². The highest BCUT2D eigenvalue weighted by molar-refractivity contribution is 9.09. The van der Waals surface area contributed by atoms with E-state index >= 15 is 0 Å². The highest BCUT2D eigenvalue weighted by atomic mass is 79.9. The summed E-state index contributed by atoms with van der Waals surface area (Å²) in [5, 5.41) is 9.02. The molecule has 0 unspecified atom stereocenters. The van der Waals surface area contributed by atoms with Crippen molar-refractivity contribution in [2.45, 2.75) is 25.4 Å². The highest BCUT2D eigenvalue weighted by Gasteiger charge is 2.22. The SMILES string of the molecule is COCCn1c(NC(=O)c2cnc(NC3CC3)nc2)nc2ccc(NC(=O)CBr)cc21. The van der Waals surface area contributed by atoms with Gasteiger partial charge in [-0.05, 0) is 31.0 Å². The summed E-state index contributed by atoms with van der Waals surface area (Å²) in [5.74, 6) is 0.376. The predicted octanol–water partition coefficient (Wildman–Crippen LogP) is 2.63. The minimum Gasteiger partial charge on any atom is -0.383 e. The number of alkyl halides is 1. The van der Waals surface area contributed by atoms with Gasteiger partial charge in [-0.1, -0.05) is 15.9 Å². The van der Waals surface area contributed by atoms with Crippen LogP contribution in [0.1, 0.15) is 23.2 Å². The topological polar surface area (TPSA) is 123 Å². The fraction of sp³-hybridized carbons (Fsp3) is 0.350. The van der Waals surface area contributed by atoms with Crippen LogP contribution < -0.4 is 16.0 Å². The van der Waals surface area contributed by atoms with E-state index in [0.717, 1.165) is 18.4 Å². The number of nitrogens with one attached hydrogen (secondary N) is 3. The summed E-state index contributed by atoms with van der Waals surface area (Å²) in [6, 6.07) is 5.81. The van der Waals surface area contributed by atoms with Crippen molar-refractivity contribution in [1.82, 2.24) is 19.5 Å². The smallest absolute Gasteiger partial charge is 0.261 e. The van der Waals surface area contributed by atoms with Gasteiger partial charge in [0.2, 0.25) is 17.8 Å². The quantitative estimate of drug-likeness (QED) is 0.396. The summed E-state index contributed by atoms with van der Waals surface area (Å²) in [6.07, 6.45) is 5.21. The molecular formula is C20H22BrN7O3. The molecule has 3 aromatic rings. The molecule has 11 heteroatoms. The second-order valence-corrected chi connectivity index (χ2v) is 7.69. The third kappa shape index (κ3) is 5.17. The Hall–Kier alpha value is -3.05. The van der Waals surface area contributed by atoms with E-state index in [0.29, 0.717) is 47.9 Å². The molecule has 1 aromatic carbocycles. The van der Waals surface area contributed by atoms with Crippen LogP contribution >= 0.6 is 15.9 Å². The van der Waals surface area contributed by atoms with Crippen LogP contribution in [-0.2, 0) is 16.1 Å². The first-order valence-corrected chi connectivity index (χ1v) is 10.9. The first kappa shape index (κ1) is 21.2. The summed E-state index contributed by atoms with van der Waals surface area (Å²) in [7, 11) is 1.60. The maximum Gasteiger partial charge on any atom is 0.261 e. The second kappa shape index (κ2) is 9.40. The van der Waals surface area contributed by atoms with E-state index in [1.807, 2.05) is 10.6 Å². The van der Waals surface area contributed by atoms with Gasteiger partial charge in [0.15, 0.2) is 0 Å². The summed E-state index contributed by atoms with van der Waals surface area (Å²) >= 11 is 3.14. The number of amides is 2. The number of imidazole rings is 1. The minimum atomic E-state index is -0.361. The number of benzene rings is 1. The van der Waals surface area contributed by atoms with Crippen LogP contribution in [0.4, 0.5) is 17.6 Å². The molecule has 0 saturated heterocycles. The van der Waals surface area contributed by atoms with Crippen molar-refractivity contribution in [3.8, 4) is 0 Å². The standard InChI is InChI=1S/C20H22BrN7O3/c1-31-7-6-28-16-8-14(24-17(29)9-21)4-5-15(16)26-20(28)27-18(30)12-10-22-19(23-11-12)25-13-2-3-13/h4-5,8,10-11,13H,2-3,6-7,9H2,1H3,(H,24,29)(H,22,23,25)(H,26,27,30). The monoisotopic (exact) mass is 487 g/mol. The number of anilines is 3. The fourth-order valence-electron chi connectivity index (χ4n) is 3.00. The van der Waals surface area contributed by atoms with Crippen molar-refractivity contribution in [3.63, 3.8) is 0 Å². The van der Waals surface area contributed by atoms with E-state index in [4.69, 9.17) is 4.74 Å². The summed E-state index contributed by atoms with van der Waals surface area (Å²) < 4.78 is 7.04. The van der Waals surface area contributed by atoms with Crippen LogP contribution in [0.15, 0.2) is 30.6 Å². The number of fused-ring (bicyclic) bond motifs is 1. The van der Waals surface area contributed by atoms with Crippen LogP contribution in [0.3, 0.4) is 0 Å². The molecule has 162 valence electrons. The Morgan fingerprint density at radius 1 is 1.23 bits per heavy atom. The number of ether oxygens (including phenoxy) is 1. The number of hydrogen-bond acceptors (Lipinski definition) is 7. The van der Waals surface area contributed by atoms with Gasteiger partial charge >= 0.3 is 0 Å². The van der Waals surface area contributed by atoms with Gasteiger partial charge in [0.25, 0.3) is 5.91 Å². The van der Waals surface area contributed by atoms with Crippen molar-refractivity contribution >= 4 is 56.4 Å². The zero-order chi connectivity index (χ0) is 21.8. The molecule has 2 aromatic heterocycles. The molecule has 0 aliphatic heterocycles.